The van der Waals surface area contributed by atoms with E-state index in [1.165, 1.54) is 18.7 Å². The van der Waals surface area contributed by atoms with Gasteiger partial charge in [0.05, 0.1) is 16.5 Å². The van der Waals surface area contributed by atoms with Gasteiger partial charge in [0.2, 0.25) is 5.91 Å². The molecular formula is C22H21ClN4O3S. The molecule has 4 rings (SSSR count). The first-order valence-corrected chi connectivity index (χ1v) is 11.2. The quantitative estimate of drug-likeness (QED) is 0.368. The number of hydrogen-bond acceptors (Lipinski definition) is 6. The highest BCUT2D eigenvalue weighted by atomic mass is 35.5. The maximum atomic E-state index is 12.5. The first-order valence-electron chi connectivity index (χ1n) is 9.86. The van der Waals surface area contributed by atoms with Crippen molar-refractivity contribution in [1.82, 2.24) is 14.8 Å². The number of ether oxygens (including phenoxy) is 1. The molecular weight excluding hydrogens is 436 g/mol. The van der Waals surface area contributed by atoms with Gasteiger partial charge >= 0.3 is 0 Å². The Morgan fingerprint density at radius 1 is 1.16 bits per heavy atom. The Balaban J connectivity index is 1.41. The summed E-state index contributed by atoms with van der Waals surface area (Å²) < 4.78 is 7.86. The van der Waals surface area contributed by atoms with Gasteiger partial charge in [0.25, 0.3) is 0 Å². The van der Waals surface area contributed by atoms with E-state index in [0.717, 1.165) is 12.8 Å². The number of carbonyl (C=O) groups excluding carboxylic acids is 2. The number of carbonyl (C=O) groups is 2. The second-order valence-corrected chi connectivity index (χ2v) is 8.51. The van der Waals surface area contributed by atoms with Crippen molar-refractivity contribution in [3.8, 4) is 5.75 Å². The van der Waals surface area contributed by atoms with Crippen LogP contribution in [0.3, 0.4) is 0 Å². The number of benzene rings is 2. The van der Waals surface area contributed by atoms with Crippen LogP contribution < -0.4 is 10.1 Å². The van der Waals surface area contributed by atoms with Gasteiger partial charge in [0, 0.05) is 11.6 Å². The molecule has 1 aliphatic rings. The number of rotatable bonds is 9. The highest BCUT2D eigenvalue weighted by Gasteiger charge is 2.30. The lowest BCUT2D eigenvalue weighted by atomic mass is 10.1. The molecule has 0 saturated heterocycles. The van der Waals surface area contributed by atoms with E-state index in [4.69, 9.17) is 16.3 Å². The van der Waals surface area contributed by atoms with Crippen LogP contribution in [0.2, 0.25) is 5.02 Å². The number of nitrogens with one attached hydrogen (secondary N) is 1. The van der Waals surface area contributed by atoms with Crippen LogP contribution in [0.4, 0.5) is 5.69 Å². The van der Waals surface area contributed by atoms with Gasteiger partial charge in [-0.3, -0.25) is 14.2 Å². The Morgan fingerprint density at radius 2 is 1.90 bits per heavy atom. The Hall–Kier alpha value is -2.84. The minimum Gasteiger partial charge on any atom is -0.484 e. The van der Waals surface area contributed by atoms with Crippen molar-refractivity contribution in [2.24, 2.45) is 0 Å². The molecule has 1 aromatic heterocycles. The van der Waals surface area contributed by atoms with Crippen molar-refractivity contribution in [3.63, 3.8) is 0 Å². The topological polar surface area (TPSA) is 86.1 Å². The molecule has 0 radical (unpaired) electrons. The lowest BCUT2D eigenvalue weighted by Crippen LogP contribution is -2.16. The molecule has 0 bridgehead atoms. The average Bonchev–Trinajstić information content (AvgIpc) is 3.52. The third kappa shape index (κ3) is 5.26. The van der Waals surface area contributed by atoms with E-state index in [1.54, 1.807) is 36.4 Å². The summed E-state index contributed by atoms with van der Waals surface area (Å²) in [7, 11) is 0. The molecule has 7 nitrogen and oxygen atoms in total. The van der Waals surface area contributed by atoms with Crippen LogP contribution in [0.1, 0.15) is 42.0 Å². The lowest BCUT2D eigenvalue weighted by Gasteiger charge is -2.11. The first kappa shape index (κ1) is 21.4. The summed E-state index contributed by atoms with van der Waals surface area (Å²) >= 11 is 7.47. The fourth-order valence-corrected chi connectivity index (χ4v) is 4.14. The Morgan fingerprint density at radius 3 is 2.65 bits per heavy atom. The minimum absolute atomic E-state index is 0.0970. The predicted molar refractivity (Wildman–Crippen MR) is 120 cm³/mol. The van der Waals surface area contributed by atoms with Crippen molar-refractivity contribution in [2.75, 3.05) is 11.1 Å². The molecule has 0 atom stereocenters. The summed E-state index contributed by atoms with van der Waals surface area (Å²) in [6.07, 6.45) is 2.09. The Kier molecular flexibility index (Phi) is 6.58. The van der Waals surface area contributed by atoms with Gasteiger partial charge in [-0.05, 0) is 44.0 Å². The number of halogens is 1. The number of para-hydroxylation sites is 2. The molecule has 2 aromatic carbocycles. The van der Waals surface area contributed by atoms with Gasteiger partial charge in [-0.25, -0.2) is 0 Å². The van der Waals surface area contributed by atoms with Crippen LogP contribution in [0, 0.1) is 0 Å². The van der Waals surface area contributed by atoms with Gasteiger partial charge in [0.15, 0.2) is 16.8 Å². The molecule has 1 aliphatic carbocycles. The van der Waals surface area contributed by atoms with Crippen LogP contribution in [-0.4, -0.2) is 32.2 Å². The van der Waals surface area contributed by atoms with Crippen molar-refractivity contribution in [3.05, 3.63) is 64.9 Å². The van der Waals surface area contributed by atoms with E-state index in [1.807, 2.05) is 16.7 Å². The van der Waals surface area contributed by atoms with Crippen LogP contribution >= 0.6 is 23.4 Å². The van der Waals surface area contributed by atoms with Gasteiger partial charge < -0.3 is 10.1 Å². The number of thioether (sulfide) groups is 1. The summed E-state index contributed by atoms with van der Waals surface area (Å²) in [5.41, 5.74) is 0.999. The first-order chi connectivity index (χ1) is 15.0. The largest absolute Gasteiger partial charge is 0.484 e. The van der Waals surface area contributed by atoms with Crippen LogP contribution in [0.15, 0.2) is 53.7 Å². The van der Waals surface area contributed by atoms with Crippen molar-refractivity contribution in [1.29, 1.82) is 0 Å². The normalized spacial score (nSPS) is 13.1. The fourth-order valence-electron chi connectivity index (χ4n) is 3.12. The van der Waals surface area contributed by atoms with E-state index in [0.29, 0.717) is 39.0 Å². The predicted octanol–water partition coefficient (Wildman–Crippen LogP) is 4.78. The number of nitrogens with zero attached hydrogens (tertiary/aromatic N) is 3. The van der Waals surface area contributed by atoms with E-state index < -0.39 is 0 Å². The summed E-state index contributed by atoms with van der Waals surface area (Å²) in [4.78, 5) is 24.2. The lowest BCUT2D eigenvalue weighted by molar-refractivity contribution is -0.113. The fraction of sp³-hybridized carbons (Fsp3) is 0.273. The molecule has 1 heterocycles. The molecule has 1 saturated carbocycles. The number of amides is 1. The van der Waals surface area contributed by atoms with E-state index in [2.05, 4.69) is 15.5 Å². The average molecular weight is 457 g/mol. The van der Waals surface area contributed by atoms with Crippen molar-refractivity contribution < 1.29 is 14.3 Å². The molecule has 160 valence electrons. The standard InChI is InChI=1S/C22H21ClN4O3S/c1-14(28)16-6-2-4-8-18(16)24-21(29)13-31-22-26-25-20(27(22)15-10-11-15)12-30-19-9-5-3-7-17(19)23/h2-9,15H,10-13H2,1H3,(H,24,29). The van der Waals surface area contributed by atoms with Gasteiger partial charge in [0.1, 0.15) is 12.4 Å². The minimum atomic E-state index is -0.210. The maximum absolute atomic E-state index is 12.5. The molecule has 31 heavy (non-hydrogen) atoms. The Bertz CT molecular complexity index is 1110. The van der Waals surface area contributed by atoms with Crippen LogP contribution in [0.25, 0.3) is 0 Å². The van der Waals surface area contributed by atoms with E-state index in [-0.39, 0.29) is 24.1 Å². The smallest absolute Gasteiger partial charge is 0.234 e. The van der Waals surface area contributed by atoms with Crippen LogP contribution in [-0.2, 0) is 11.4 Å². The number of anilines is 1. The second kappa shape index (κ2) is 9.53. The molecule has 0 unspecified atom stereocenters. The third-order valence-electron chi connectivity index (χ3n) is 4.75. The van der Waals surface area contributed by atoms with E-state index in [9.17, 15) is 9.59 Å². The second-order valence-electron chi connectivity index (χ2n) is 7.16. The Labute approximate surface area is 189 Å². The van der Waals surface area contributed by atoms with Crippen LogP contribution in [0.5, 0.6) is 5.75 Å². The number of hydrogen-bond donors (Lipinski definition) is 1. The zero-order chi connectivity index (χ0) is 21.8. The molecule has 0 spiro atoms. The maximum Gasteiger partial charge on any atom is 0.234 e. The molecule has 9 heteroatoms. The van der Waals surface area contributed by atoms with Gasteiger partial charge in [-0.2, -0.15) is 0 Å². The highest BCUT2D eigenvalue weighted by Crippen LogP contribution is 2.39. The molecule has 1 amide bonds. The summed E-state index contributed by atoms with van der Waals surface area (Å²) in [5, 5.41) is 12.6. The van der Waals surface area contributed by atoms with Gasteiger partial charge in [-0.1, -0.05) is 47.6 Å². The number of Topliss-reactive ketones (excluding diaryl/α,β-unsaturated/α-hetero) is 1. The van der Waals surface area contributed by atoms with Crippen molar-refractivity contribution >= 4 is 40.7 Å². The molecule has 0 aliphatic heterocycles. The molecule has 1 N–H and O–H groups in total. The van der Waals surface area contributed by atoms with Crippen molar-refractivity contribution in [2.45, 2.75) is 37.6 Å². The highest BCUT2D eigenvalue weighted by molar-refractivity contribution is 7.99. The summed E-state index contributed by atoms with van der Waals surface area (Å²) in [5.74, 6) is 1.14. The number of ketones is 1. The summed E-state index contributed by atoms with van der Waals surface area (Å²) in [6.45, 7) is 1.72. The van der Waals surface area contributed by atoms with Gasteiger partial charge in [-0.15, -0.1) is 10.2 Å². The zero-order valence-corrected chi connectivity index (χ0v) is 18.4. The SMILES string of the molecule is CC(=O)c1ccccc1NC(=O)CSc1nnc(COc2ccccc2Cl)n1C1CC1. The number of aromatic nitrogens is 3. The molecule has 1 fully saturated rings. The molecule has 3 aromatic rings. The van der Waals surface area contributed by atoms with E-state index >= 15 is 0 Å². The monoisotopic (exact) mass is 456 g/mol. The third-order valence-corrected chi connectivity index (χ3v) is 6.01. The zero-order valence-electron chi connectivity index (χ0n) is 16.9. The summed E-state index contributed by atoms with van der Waals surface area (Å²) in [6, 6.07) is 14.6.